The summed E-state index contributed by atoms with van der Waals surface area (Å²) in [4.78, 5) is 19.7. The highest BCUT2D eigenvalue weighted by molar-refractivity contribution is 14.1. The van der Waals surface area contributed by atoms with Crippen molar-refractivity contribution >= 4 is 61.6 Å². The summed E-state index contributed by atoms with van der Waals surface area (Å²) >= 11 is 6.91. The Morgan fingerprint density at radius 2 is 1.89 bits per heavy atom. The molecule has 6 rings (SSSR count). The van der Waals surface area contributed by atoms with Crippen molar-refractivity contribution in [3.63, 3.8) is 0 Å². The van der Waals surface area contributed by atoms with Crippen LogP contribution in [0.2, 0.25) is 0 Å². The minimum Gasteiger partial charge on any atom is -0.506 e. The van der Waals surface area contributed by atoms with Crippen LogP contribution in [0, 0.1) is 3.57 Å². The van der Waals surface area contributed by atoms with Crippen molar-refractivity contribution in [2.45, 2.75) is 18.9 Å². The number of phenolic OH excluding ortho intramolecular Hbond substituents is 1. The Morgan fingerprint density at radius 3 is 2.68 bits per heavy atom. The molecule has 6 nitrogen and oxygen atoms in total. The van der Waals surface area contributed by atoms with E-state index in [0.717, 1.165) is 39.7 Å². The third kappa shape index (κ3) is 4.20. The van der Waals surface area contributed by atoms with Crippen molar-refractivity contribution in [3.8, 4) is 17.2 Å². The van der Waals surface area contributed by atoms with Gasteiger partial charge < -0.3 is 14.6 Å². The van der Waals surface area contributed by atoms with Crippen LogP contribution in [0.1, 0.15) is 34.7 Å². The Kier molecular flexibility index (Phi) is 6.69. The quantitative estimate of drug-likeness (QED) is 0.289. The predicted molar refractivity (Wildman–Crippen MR) is 161 cm³/mol. The molecule has 0 unspecified atom stereocenters. The molecule has 2 aliphatic rings. The molecule has 192 valence electrons. The zero-order valence-corrected chi connectivity index (χ0v) is 25.1. The van der Waals surface area contributed by atoms with Crippen molar-refractivity contribution in [2.75, 3.05) is 14.2 Å². The summed E-state index contributed by atoms with van der Waals surface area (Å²) in [5.74, 6) is 1.38. The first-order valence-electron chi connectivity index (χ1n) is 11.9. The van der Waals surface area contributed by atoms with Gasteiger partial charge in [-0.05, 0) is 82.5 Å². The van der Waals surface area contributed by atoms with E-state index in [-0.39, 0.29) is 17.4 Å². The highest BCUT2D eigenvalue weighted by Crippen LogP contribution is 2.42. The van der Waals surface area contributed by atoms with E-state index in [1.54, 1.807) is 24.9 Å². The smallest absolute Gasteiger partial charge is 0.271 e. The van der Waals surface area contributed by atoms with Crippen LogP contribution in [0.25, 0.3) is 11.8 Å². The number of aromatic hydroxyl groups is 1. The molecule has 3 aromatic carbocycles. The van der Waals surface area contributed by atoms with Gasteiger partial charge in [0, 0.05) is 15.6 Å². The minimum absolute atomic E-state index is 0.143. The number of aryl methyl sites for hydroxylation is 1. The van der Waals surface area contributed by atoms with Gasteiger partial charge in [0.05, 0.1) is 34.1 Å². The normalized spacial score (nSPS) is 16.4. The van der Waals surface area contributed by atoms with Crippen molar-refractivity contribution in [2.24, 2.45) is 4.99 Å². The summed E-state index contributed by atoms with van der Waals surface area (Å²) in [5.41, 5.74) is 5.76. The molecule has 0 spiro atoms. The van der Waals surface area contributed by atoms with Gasteiger partial charge in [-0.15, -0.1) is 0 Å². The van der Waals surface area contributed by atoms with Gasteiger partial charge in [-0.2, -0.15) is 0 Å². The number of methoxy groups -OCH3 is 2. The van der Waals surface area contributed by atoms with Crippen molar-refractivity contribution in [3.05, 3.63) is 110 Å². The van der Waals surface area contributed by atoms with Crippen LogP contribution in [0.4, 0.5) is 0 Å². The van der Waals surface area contributed by atoms with Gasteiger partial charge in [-0.25, -0.2) is 4.99 Å². The number of nitrogens with zero attached hydrogens (tertiary/aromatic N) is 2. The third-order valence-electron chi connectivity index (χ3n) is 6.94. The summed E-state index contributed by atoms with van der Waals surface area (Å²) in [6.07, 6.45) is 3.42. The van der Waals surface area contributed by atoms with Crippen LogP contribution in [-0.4, -0.2) is 23.9 Å². The molecule has 0 saturated carbocycles. The van der Waals surface area contributed by atoms with E-state index in [2.05, 4.69) is 56.7 Å². The maximum Gasteiger partial charge on any atom is 0.271 e. The molecule has 9 heteroatoms. The second kappa shape index (κ2) is 10.0. The van der Waals surface area contributed by atoms with E-state index in [1.807, 2.05) is 36.4 Å². The van der Waals surface area contributed by atoms with E-state index in [1.165, 1.54) is 16.9 Å². The van der Waals surface area contributed by atoms with Crippen molar-refractivity contribution < 1.29 is 14.6 Å². The van der Waals surface area contributed by atoms with Crippen LogP contribution >= 0.6 is 49.9 Å². The highest BCUT2D eigenvalue weighted by Gasteiger charge is 2.33. The molecule has 0 fully saturated rings. The Labute approximate surface area is 244 Å². The summed E-state index contributed by atoms with van der Waals surface area (Å²) in [7, 11) is 3.22. The Morgan fingerprint density at radius 1 is 1.11 bits per heavy atom. The van der Waals surface area contributed by atoms with E-state index >= 15 is 0 Å². The monoisotopic (exact) mass is 700 g/mol. The van der Waals surface area contributed by atoms with Gasteiger partial charge in [-0.1, -0.05) is 57.6 Å². The number of ether oxygens (including phenoxy) is 2. The molecule has 38 heavy (non-hydrogen) atoms. The number of allylic oxidation sites excluding steroid dienone is 1. The number of phenols is 1. The molecule has 1 atom stereocenters. The molecule has 0 amide bonds. The topological polar surface area (TPSA) is 73.0 Å². The summed E-state index contributed by atoms with van der Waals surface area (Å²) in [6.45, 7) is 0. The first-order valence-corrected chi connectivity index (χ1v) is 14.6. The summed E-state index contributed by atoms with van der Waals surface area (Å²) in [6, 6.07) is 17.4. The zero-order valence-electron chi connectivity index (χ0n) is 20.5. The summed E-state index contributed by atoms with van der Waals surface area (Å²) in [5, 5.41) is 10.7. The number of rotatable bonds is 4. The zero-order chi connectivity index (χ0) is 26.6. The van der Waals surface area contributed by atoms with Gasteiger partial charge >= 0.3 is 0 Å². The number of hydrogen-bond donors (Lipinski definition) is 1. The molecule has 1 aromatic heterocycles. The number of aromatic nitrogens is 1. The van der Waals surface area contributed by atoms with Crippen LogP contribution in [0.3, 0.4) is 0 Å². The number of benzene rings is 3. The second-order valence-electron chi connectivity index (χ2n) is 9.05. The lowest BCUT2D eigenvalue weighted by Gasteiger charge is -2.31. The molecule has 2 heterocycles. The molecule has 0 bridgehead atoms. The Bertz CT molecular complexity index is 1830. The fourth-order valence-electron chi connectivity index (χ4n) is 5.18. The van der Waals surface area contributed by atoms with Gasteiger partial charge in [0.25, 0.3) is 5.56 Å². The average Bonchev–Trinajstić information content (AvgIpc) is 3.24. The number of hydrogen-bond acceptors (Lipinski definition) is 6. The fraction of sp³-hybridized carbons (Fsp3) is 0.172. The molecule has 0 radical (unpaired) electrons. The van der Waals surface area contributed by atoms with E-state index < -0.39 is 0 Å². The van der Waals surface area contributed by atoms with E-state index in [4.69, 9.17) is 14.5 Å². The van der Waals surface area contributed by atoms with Gasteiger partial charge in [-0.3, -0.25) is 9.36 Å². The standard InChI is InChI=1S/C29H22BrIN2O4S/c1-36-22-10-8-16(12-23(22)37-2)26-20-9-7-15-5-3-4-6-19(15)25(20)32-29-33(26)28(35)24(38-29)13-17-11-18(30)14-21(31)27(17)34/h3-6,8,10-14,26,34H,7,9H2,1-2H3/b24-13-/t26-/m1/s1. The molecular formula is C29H22BrIN2O4S. The largest absolute Gasteiger partial charge is 0.506 e. The first-order chi connectivity index (χ1) is 18.4. The van der Waals surface area contributed by atoms with Crippen molar-refractivity contribution in [1.82, 2.24) is 4.57 Å². The average molecular weight is 701 g/mol. The van der Waals surface area contributed by atoms with Crippen LogP contribution < -0.4 is 24.4 Å². The lowest BCUT2D eigenvalue weighted by molar-refractivity contribution is 0.354. The number of fused-ring (bicyclic) bond motifs is 3. The lowest BCUT2D eigenvalue weighted by Crippen LogP contribution is -2.38. The van der Waals surface area contributed by atoms with Gasteiger partial charge in [0.1, 0.15) is 5.75 Å². The Balaban J connectivity index is 1.63. The molecule has 1 aliphatic heterocycles. The highest BCUT2D eigenvalue weighted by atomic mass is 127. The SMILES string of the molecule is COc1ccc([C@@H]2C3=C(N=c4s/c(=C\c5cc(Br)cc(I)c5O)c(=O)n42)c2ccccc2CC3)cc1OC. The maximum absolute atomic E-state index is 14.0. The second-order valence-corrected chi connectivity index (χ2v) is 12.1. The molecular weight excluding hydrogens is 679 g/mol. The fourth-order valence-corrected chi connectivity index (χ4v) is 7.72. The maximum atomic E-state index is 14.0. The number of thiazole rings is 1. The molecule has 1 N–H and O–H groups in total. The molecule has 0 saturated heterocycles. The molecule has 1 aliphatic carbocycles. The van der Waals surface area contributed by atoms with Crippen LogP contribution in [0.5, 0.6) is 17.2 Å². The molecule has 4 aromatic rings. The van der Waals surface area contributed by atoms with E-state index in [0.29, 0.717) is 30.0 Å². The minimum atomic E-state index is -0.340. The lowest BCUT2D eigenvalue weighted by atomic mass is 9.83. The predicted octanol–water partition coefficient (Wildman–Crippen LogP) is 5.41. The third-order valence-corrected chi connectivity index (χ3v) is 9.20. The van der Waals surface area contributed by atoms with E-state index in [9.17, 15) is 9.90 Å². The van der Waals surface area contributed by atoms with Gasteiger partial charge in [0.15, 0.2) is 16.3 Å². The first kappa shape index (κ1) is 25.4. The van der Waals surface area contributed by atoms with Crippen LogP contribution in [0.15, 0.2) is 74.4 Å². The van der Waals surface area contributed by atoms with Crippen LogP contribution in [-0.2, 0) is 6.42 Å². The summed E-state index contributed by atoms with van der Waals surface area (Å²) < 4.78 is 14.9. The van der Waals surface area contributed by atoms with Crippen molar-refractivity contribution in [1.29, 1.82) is 0 Å². The Hall–Kier alpha value is -2.89. The number of halogens is 2. The van der Waals surface area contributed by atoms with Gasteiger partial charge in [0.2, 0.25) is 0 Å².